The molecule has 1 aliphatic rings. The van der Waals surface area contributed by atoms with E-state index >= 15 is 0 Å². The van der Waals surface area contributed by atoms with Gasteiger partial charge in [0, 0.05) is 5.54 Å². The predicted molar refractivity (Wildman–Crippen MR) is 51.7 cm³/mol. The Balaban J connectivity index is 2.26. The fourth-order valence-electron chi connectivity index (χ4n) is 1.86. The molecule has 0 aromatic heterocycles. The monoisotopic (exact) mass is 225 g/mol. The summed E-state index contributed by atoms with van der Waals surface area (Å²) in [6.07, 6.45) is -1.30. The third kappa shape index (κ3) is 4.38. The van der Waals surface area contributed by atoms with E-state index in [9.17, 15) is 13.2 Å². The summed E-state index contributed by atoms with van der Waals surface area (Å²) in [4.78, 5) is 0. The van der Waals surface area contributed by atoms with E-state index in [1.54, 1.807) is 0 Å². The molecule has 0 bridgehead atoms. The van der Waals surface area contributed by atoms with Crippen LogP contribution < -0.4 is 5.32 Å². The standard InChI is InChI=1S/C10H18F3NO/c1-9(14-2)5-3-8(4-6-9)15-7-10(11,12)13/h8,14H,3-7H2,1-2H3. The molecule has 0 aromatic rings. The lowest BCUT2D eigenvalue weighted by atomic mass is 9.82. The van der Waals surface area contributed by atoms with Gasteiger partial charge in [0.15, 0.2) is 0 Å². The summed E-state index contributed by atoms with van der Waals surface area (Å²) in [5.41, 5.74) is 0.0676. The highest BCUT2D eigenvalue weighted by Crippen LogP contribution is 2.30. The van der Waals surface area contributed by atoms with Crippen molar-refractivity contribution in [1.29, 1.82) is 0 Å². The second-order valence-electron chi connectivity index (χ2n) is 4.44. The average Bonchev–Trinajstić information content (AvgIpc) is 2.16. The number of rotatable bonds is 3. The molecule has 0 radical (unpaired) electrons. The molecule has 1 fully saturated rings. The summed E-state index contributed by atoms with van der Waals surface area (Å²) in [7, 11) is 1.89. The van der Waals surface area contributed by atoms with Crippen LogP contribution in [-0.2, 0) is 4.74 Å². The van der Waals surface area contributed by atoms with Crippen LogP contribution in [-0.4, -0.2) is 31.5 Å². The van der Waals surface area contributed by atoms with Crippen LogP contribution in [0.15, 0.2) is 0 Å². The van der Waals surface area contributed by atoms with Crippen LogP contribution in [0, 0.1) is 0 Å². The van der Waals surface area contributed by atoms with Crippen molar-refractivity contribution in [2.24, 2.45) is 0 Å². The molecule has 0 aromatic carbocycles. The van der Waals surface area contributed by atoms with Gasteiger partial charge < -0.3 is 10.1 Å². The van der Waals surface area contributed by atoms with Crippen LogP contribution in [0.25, 0.3) is 0 Å². The first-order chi connectivity index (χ1) is 6.85. The number of alkyl halides is 3. The Morgan fingerprint density at radius 1 is 1.33 bits per heavy atom. The first-order valence-electron chi connectivity index (χ1n) is 5.22. The maximum Gasteiger partial charge on any atom is 0.411 e. The van der Waals surface area contributed by atoms with Gasteiger partial charge in [-0.15, -0.1) is 0 Å². The molecule has 5 heteroatoms. The smallest absolute Gasteiger partial charge is 0.369 e. The summed E-state index contributed by atoms with van der Waals surface area (Å²) in [6, 6.07) is 0. The van der Waals surface area contributed by atoms with Crippen molar-refractivity contribution < 1.29 is 17.9 Å². The third-order valence-electron chi connectivity index (χ3n) is 3.12. The van der Waals surface area contributed by atoms with Crippen LogP contribution in [0.3, 0.4) is 0 Å². The van der Waals surface area contributed by atoms with Crippen molar-refractivity contribution in [2.45, 2.75) is 50.4 Å². The van der Waals surface area contributed by atoms with Crippen molar-refractivity contribution >= 4 is 0 Å². The van der Waals surface area contributed by atoms with Crippen LogP contribution >= 0.6 is 0 Å². The Kier molecular flexibility index (Phi) is 4.00. The molecule has 15 heavy (non-hydrogen) atoms. The predicted octanol–water partition coefficient (Wildman–Crippen LogP) is 2.49. The van der Waals surface area contributed by atoms with Gasteiger partial charge in [-0.3, -0.25) is 0 Å². The van der Waals surface area contributed by atoms with Gasteiger partial charge in [0.2, 0.25) is 0 Å². The van der Waals surface area contributed by atoms with E-state index in [0.717, 1.165) is 12.8 Å². The van der Waals surface area contributed by atoms with Crippen LogP contribution in [0.4, 0.5) is 13.2 Å². The molecular formula is C10H18F3NO. The van der Waals surface area contributed by atoms with Crippen molar-refractivity contribution in [3.8, 4) is 0 Å². The second-order valence-corrected chi connectivity index (χ2v) is 4.44. The highest BCUT2D eigenvalue weighted by atomic mass is 19.4. The minimum atomic E-state index is -4.20. The molecule has 2 nitrogen and oxygen atoms in total. The van der Waals surface area contributed by atoms with Gasteiger partial charge in [-0.25, -0.2) is 0 Å². The van der Waals surface area contributed by atoms with Gasteiger partial charge in [0.05, 0.1) is 6.10 Å². The lowest BCUT2D eigenvalue weighted by Crippen LogP contribution is -2.44. The normalized spacial score (nSPS) is 33.0. The van der Waals surface area contributed by atoms with Gasteiger partial charge in [-0.05, 0) is 39.7 Å². The summed E-state index contributed by atoms with van der Waals surface area (Å²) < 4.78 is 40.5. The van der Waals surface area contributed by atoms with E-state index in [-0.39, 0.29) is 11.6 Å². The van der Waals surface area contributed by atoms with E-state index in [0.29, 0.717) is 12.8 Å². The van der Waals surface area contributed by atoms with Crippen molar-refractivity contribution in [3.63, 3.8) is 0 Å². The summed E-state index contributed by atoms with van der Waals surface area (Å²) >= 11 is 0. The Morgan fingerprint density at radius 2 is 1.87 bits per heavy atom. The molecule has 90 valence electrons. The summed E-state index contributed by atoms with van der Waals surface area (Å²) in [6.45, 7) is 0.973. The highest BCUT2D eigenvalue weighted by molar-refractivity contribution is 4.88. The zero-order chi connectivity index (χ0) is 11.5. The van der Waals surface area contributed by atoms with Gasteiger partial charge in [0.25, 0.3) is 0 Å². The molecule has 0 spiro atoms. The number of hydrogen-bond acceptors (Lipinski definition) is 2. The quantitative estimate of drug-likeness (QED) is 0.796. The van der Waals surface area contributed by atoms with Gasteiger partial charge >= 0.3 is 6.18 Å². The van der Waals surface area contributed by atoms with E-state index < -0.39 is 12.8 Å². The third-order valence-corrected chi connectivity index (χ3v) is 3.12. The fourth-order valence-corrected chi connectivity index (χ4v) is 1.86. The van der Waals surface area contributed by atoms with Crippen molar-refractivity contribution in [3.05, 3.63) is 0 Å². The van der Waals surface area contributed by atoms with E-state index in [1.807, 2.05) is 7.05 Å². The Labute approximate surface area is 88.2 Å². The lowest BCUT2D eigenvalue weighted by molar-refractivity contribution is -0.188. The number of halogens is 3. The van der Waals surface area contributed by atoms with Crippen LogP contribution in [0.1, 0.15) is 32.6 Å². The van der Waals surface area contributed by atoms with Crippen molar-refractivity contribution in [2.75, 3.05) is 13.7 Å². The zero-order valence-electron chi connectivity index (χ0n) is 9.16. The van der Waals surface area contributed by atoms with E-state index in [4.69, 9.17) is 4.74 Å². The molecule has 0 heterocycles. The van der Waals surface area contributed by atoms with Gasteiger partial charge in [-0.1, -0.05) is 0 Å². The topological polar surface area (TPSA) is 21.3 Å². The molecule has 0 saturated heterocycles. The molecule has 1 N–H and O–H groups in total. The zero-order valence-corrected chi connectivity index (χ0v) is 9.16. The van der Waals surface area contributed by atoms with Crippen LogP contribution in [0.2, 0.25) is 0 Å². The summed E-state index contributed by atoms with van der Waals surface area (Å²) in [5, 5.41) is 3.20. The lowest BCUT2D eigenvalue weighted by Gasteiger charge is -2.37. The maximum absolute atomic E-state index is 11.9. The molecule has 0 aliphatic heterocycles. The SMILES string of the molecule is CNC1(C)CCC(OCC(F)(F)F)CC1. The number of hydrogen-bond donors (Lipinski definition) is 1. The van der Waals surface area contributed by atoms with Gasteiger partial charge in [0.1, 0.15) is 6.61 Å². The van der Waals surface area contributed by atoms with Crippen LogP contribution in [0.5, 0.6) is 0 Å². The molecule has 1 aliphatic carbocycles. The molecule has 0 amide bonds. The molecule has 1 rings (SSSR count). The first-order valence-corrected chi connectivity index (χ1v) is 5.22. The Hall–Kier alpha value is -0.290. The van der Waals surface area contributed by atoms with Gasteiger partial charge in [-0.2, -0.15) is 13.2 Å². The second kappa shape index (κ2) is 4.70. The molecular weight excluding hydrogens is 207 g/mol. The minimum absolute atomic E-state index is 0.0676. The highest BCUT2D eigenvalue weighted by Gasteiger charge is 2.33. The molecule has 0 atom stereocenters. The Morgan fingerprint density at radius 3 is 2.27 bits per heavy atom. The Bertz CT molecular complexity index is 197. The molecule has 0 unspecified atom stereocenters. The first kappa shape index (κ1) is 12.8. The van der Waals surface area contributed by atoms with E-state index in [1.165, 1.54) is 0 Å². The minimum Gasteiger partial charge on any atom is -0.369 e. The number of nitrogens with one attached hydrogen (secondary N) is 1. The van der Waals surface area contributed by atoms with E-state index in [2.05, 4.69) is 12.2 Å². The summed E-state index contributed by atoms with van der Waals surface area (Å²) in [5.74, 6) is 0. The largest absolute Gasteiger partial charge is 0.411 e. The number of ether oxygens (including phenoxy) is 1. The fraction of sp³-hybridized carbons (Fsp3) is 1.00. The average molecular weight is 225 g/mol. The van der Waals surface area contributed by atoms with Crippen molar-refractivity contribution in [1.82, 2.24) is 5.32 Å². The maximum atomic E-state index is 11.9. The molecule has 1 saturated carbocycles.